The van der Waals surface area contributed by atoms with Crippen LogP contribution in [-0.4, -0.2) is 7.05 Å². The summed E-state index contributed by atoms with van der Waals surface area (Å²) in [5.74, 6) is -0.841. The van der Waals surface area contributed by atoms with Crippen LogP contribution in [0.25, 0.3) is 0 Å². The Labute approximate surface area is 90.5 Å². The Kier molecular flexibility index (Phi) is 2.45. The van der Waals surface area contributed by atoms with Crippen molar-refractivity contribution in [2.24, 2.45) is 0 Å². The molecule has 1 aliphatic rings. The average molecular weight is 233 g/mol. The SMILES string of the molecule is CNC1(c2cc(F)cc(C(F)(F)F)c2)CC1. The van der Waals surface area contributed by atoms with E-state index in [1.165, 1.54) is 6.07 Å². The molecule has 0 aliphatic heterocycles. The topological polar surface area (TPSA) is 12.0 Å². The van der Waals surface area contributed by atoms with E-state index in [0.717, 1.165) is 18.9 Å². The van der Waals surface area contributed by atoms with E-state index in [9.17, 15) is 17.6 Å². The van der Waals surface area contributed by atoms with Gasteiger partial charge in [-0.1, -0.05) is 0 Å². The third-order valence-electron chi connectivity index (χ3n) is 3.01. The molecule has 2 rings (SSSR count). The van der Waals surface area contributed by atoms with Gasteiger partial charge in [0.25, 0.3) is 0 Å². The van der Waals surface area contributed by atoms with E-state index in [1.54, 1.807) is 7.05 Å². The largest absolute Gasteiger partial charge is 0.416 e. The van der Waals surface area contributed by atoms with Crippen molar-refractivity contribution in [3.8, 4) is 0 Å². The Balaban J connectivity index is 2.45. The van der Waals surface area contributed by atoms with Crippen LogP contribution in [0.2, 0.25) is 0 Å². The molecule has 0 bridgehead atoms. The molecule has 0 aromatic heterocycles. The lowest BCUT2D eigenvalue weighted by atomic mass is 10.0. The van der Waals surface area contributed by atoms with Crippen LogP contribution in [0.3, 0.4) is 0 Å². The number of nitrogens with one attached hydrogen (secondary N) is 1. The van der Waals surface area contributed by atoms with Crippen LogP contribution in [0.15, 0.2) is 18.2 Å². The summed E-state index contributed by atoms with van der Waals surface area (Å²) in [4.78, 5) is 0. The van der Waals surface area contributed by atoms with Gasteiger partial charge in [-0.05, 0) is 43.7 Å². The molecule has 16 heavy (non-hydrogen) atoms. The maximum absolute atomic E-state index is 13.1. The quantitative estimate of drug-likeness (QED) is 0.774. The Morgan fingerprint density at radius 3 is 2.25 bits per heavy atom. The summed E-state index contributed by atoms with van der Waals surface area (Å²) in [5, 5.41) is 2.94. The molecule has 0 spiro atoms. The number of rotatable bonds is 2. The minimum absolute atomic E-state index is 0.377. The maximum atomic E-state index is 13.1. The first-order valence-electron chi connectivity index (χ1n) is 4.95. The summed E-state index contributed by atoms with van der Waals surface area (Å²) < 4.78 is 50.5. The van der Waals surface area contributed by atoms with Crippen molar-refractivity contribution in [3.63, 3.8) is 0 Å². The minimum Gasteiger partial charge on any atom is -0.310 e. The van der Waals surface area contributed by atoms with Crippen molar-refractivity contribution in [1.29, 1.82) is 0 Å². The molecule has 0 heterocycles. The first-order chi connectivity index (χ1) is 7.37. The molecule has 1 aromatic rings. The molecule has 1 fully saturated rings. The molecular formula is C11H11F4N. The van der Waals surface area contributed by atoms with E-state index >= 15 is 0 Å². The summed E-state index contributed by atoms with van der Waals surface area (Å²) in [6.45, 7) is 0. The molecule has 1 aromatic carbocycles. The monoisotopic (exact) mass is 233 g/mol. The van der Waals surface area contributed by atoms with Gasteiger partial charge in [0, 0.05) is 5.54 Å². The first kappa shape index (κ1) is 11.4. The molecule has 5 heteroatoms. The van der Waals surface area contributed by atoms with E-state index in [1.807, 2.05) is 0 Å². The number of hydrogen-bond acceptors (Lipinski definition) is 1. The molecule has 0 unspecified atom stereocenters. The predicted molar refractivity (Wildman–Crippen MR) is 51.4 cm³/mol. The van der Waals surface area contributed by atoms with E-state index in [-0.39, 0.29) is 0 Å². The van der Waals surface area contributed by atoms with Crippen LogP contribution < -0.4 is 5.32 Å². The Morgan fingerprint density at radius 2 is 1.81 bits per heavy atom. The Bertz CT molecular complexity index is 407. The van der Waals surface area contributed by atoms with Gasteiger partial charge in [0.15, 0.2) is 0 Å². The number of alkyl halides is 3. The number of benzene rings is 1. The highest BCUT2D eigenvalue weighted by Gasteiger charge is 2.44. The van der Waals surface area contributed by atoms with Crippen LogP contribution in [0.5, 0.6) is 0 Å². The molecule has 0 saturated heterocycles. The summed E-state index contributed by atoms with van der Waals surface area (Å²) in [6.07, 6.45) is -3.02. The van der Waals surface area contributed by atoms with Crippen molar-refractivity contribution < 1.29 is 17.6 Å². The van der Waals surface area contributed by atoms with Gasteiger partial charge in [0.05, 0.1) is 5.56 Å². The minimum atomic E-state index is -4.50. The summed E-state index contributed by atoms with van der Waals surface area (Å²) in [5.41, 5.74) is -1.01. The number of hydrogen-bond donors (Lipinski definition) is 1. The Hall–Kier alpha value is -1.10. The van der Waals surface area contributed by atoms with Gasteiger partial charge in [0.2, 0.25) is 0 Å². The molecule has 1 nitrogen and oxygen atoms in total. The highest BCUT2D eigenvalue weighted by Crippen LogP contribution is 2.46. The lowest BCUT2D eigenvalue weighted by molar-refractivity contribution is -0.137. The van der Waals surface area contributed by atoms with Gasteiger partial charge in [-0.15, -0.1) is 0 Å². The molecule has 0 amide bonds. The second-order valence-corrected chi connectivity index (χ2v) is 4.06. The Morgan fingerprint density at radius 1 is 1.19 bits per heavy atom. The lowest BCUT2D eigenvalue weighted by Gasteiger charge is -2.17. The molecule has 0 radical (unpaired) electrons. The van der Waals surface area contributed by atoms with Gasteiger partial charge in [-0.25, -0.2) is 4.39 Å². The van der Waals surface area contributed by atoms with E-state index in [0.29, 0.717) is 11.6 Å². The molecule has 1 aliphatic carbocycles. The average Bonchev–Trinajstić information content (AvgIpc) is 2.96. The highest BCUT2D eigenvalue weighted by atomic mass is 19.4. The van der Waals surface area contributed by atoms with Crippen molar-refractivity contribution >= 4 is 0 Å². The van der Waals surface area contributed by atoms with Gasteiger partial charge < -0.3 is 5.32 Å². The van der Waals surface area contributed by atoms with Crippen LogP contribution in [-0.2, 0) is 11.7 Å². The van der Waals surface area contributed by atoms with Gasteiger partial charge >= 0.3 is 6.18 Å². The smallest absolute Gasteiger partial charge is 0.310 e. The zero-order chi connectivity index (χ0) is 12.0. The number of halogens is 4. The zero-order valence-electron chi connectivity index (χ0n) is 8.66. The molecule has 1 N–H and O–H groups in total. The maximum Gasteiger partial charge on any atom is 0.416 e. The summed E-state index contributed by atoms with van der Waals surface area (Å²) in [6, 6.07) is 2.71. The summed E-state index contributed by atoms with van der Waals surface area (Å²) >= 11 is 0. The molecule has 0 atom stereocenters. The summed E-state index contributed by atoms with van der Waals surface area (Å²) in [7, 11) is 1.67. The first-order valence-corrected chi connectivity index (χ1v) is 4.95. The van der Waals surface area contributed by atoms with Crippen molar-refractivity contribution in [2.75, 3.05) is 7.05 Å². The van der Waals surface area contributed by atoms with E-state index in [2.05, 4.69) is 5.32 Å². The van der Waals surface area contributed by atoms with Crippen LogP contribution >= 0.6 is 0 Å². The second kappa shape index (κ2) is 3.45. The van der Waals surface area contributed by atoms with Crippen LogP contribution in [0.1, 0.15) is 24.0 Å². The lowest BCUT2D eigenvalue weighted by Crippen LogP contribution is -2.25. The third kappa shape index (κ3) is 1.91. The van der Waals surface area contributed by atoms with E-state index < -0.39 is 23.1 Å². The second-order valence-electron chi connectivity index (χ2n) is 4.06. The van der Waals surface area contributed by atoms with Gasteiger partial charge in [-0.3, -0.25) is 0 Å². The van der Waals surface area contributed by atoms with Crippen molar-refractivity contribution in [3.05, 3.63) is 35.1 Å². The fraction of sp³-hybridized carbons (Fsp3) is 0.455. The van der Waals surface area contributed by atoms with Crippen LogP contribution in [0, 0.1) is 5.82 Å². The van der Waals surface area contributed by atoms with Crippen molar-refractivity contribution in [1.82, 2.24) is 5.32 Å². The standard InChI is InChI=1S/C11H11F4N/c1-16-10(2-3-10)7-4-8(11(13,14)15)6-9(12)5-7/h4-6,16H,2-3H2,1H3. The normalized spacial score (nSPS) is 18.6. The van der Waals surface area contributed by atoms with Gasteiger partial charge in [-0.2, -0.15) is 13.2 Å². The van der Waals surface area contributed by atoms with E-state index in [4.69, 9.17) is 0 Å². The third-order valence-corrected chi connectivity index (χ3v) is 3.01. The van der Waals surface area contributed by atoms with Crippen LogP contribution in [0.4, 0.5) is 17.6 Å². The van der Waals surface area contributed by atoms with Gasteiger partial charge in [0.1, 0.15) is 5.82 Å². The zero-order valence-corrected chi connectivity index (χ0v) is 8.66. The predicted octanol–water partition coefficient (Wildman–Crippen LogP) is 3.05. The highest BCUT2D eigenvalue weighted by molar-refractivity contribution is 5.35. The molecule has 88 valence electrons. The fourth-order valence-electron chi connectivity index (χ4n) is 1.84. The fourth-order valence-corrected chi connectivity index (χ4v) is 1.84. The molecule has 1 saturated carbocycles. The molecular weight excluding hydrogens is 222 g/mol. The van der Waals surface area contributed by atoms with Crippen molar-refractivity contribution in [2.45, 2.75) is 24.6 Å².